The Labute approximate surface area is 199 Å². The number of para-hydroxylation sites is 1. The largest absolute Gasteiger partial charge is 0.495 e. The van der Waals surface area contributed by atoms with Gasteiger partial charge in [0.25, 0.3) is 0 Å². The molecular weight excluding hydrogens is 461 g/mol. The Hall–Kier alpha value is -4.22. The van der Waals surface area contributed by atoms with Crippen molar-refractivity contribution in [1.82, 2.24) is 19.8 Å². The van der Waals surface area contributed by atoms with Crippen LogP contribution in [0, 0.1) is 5.82 Å². The molecule has 0 spiro atoms. The summed E-state index contributed by atoms with van der Waals surface area (Å²) in [4.78, 5) is 39.9. The first-order chi connectivity index (χ1) is 16.9. The summed E-state index contributed by atoms with van der Waals surface area (Å²) in [7, 11) is 2.71. The SMILES string of the molecule is COc1ccc(C(=O)O)cc1N(C(=O)n1nnn(-c2c(F)cccc2OC)c1=O)C1CCCCC1. The minimum Gasteiger partial charge on any atom is -0.495 e. The molecule has 1 saturated carbocycles. The minimum absolute atomic E-state index is 0.0339. The first-order valence-electron chi connectivity index (χ1n) is 11.0. The minimum atomic E-state index is -1.18. The topological polar surface area (TPSA) is 129 Å². The molecule has 184 valence electrons. The van der Waals surface area contributed by atoms with Crippen LogP contribution in [0.4, 0.5) is 14.9 Å². The average Bonchev–Trinajstić information content (AvgIpc) is 3.25. The van der Waals surface area contributed by atoms with E-state index in [1.165, 1.54) is 49.5 Å². The maximum absolute atomic E-state index is 14.6. The Morgan fingerprint density at radius 3 is 2.43 bits per heavy atom. The third-order valence-corrected chi connectivity index (χ3v) is 5.98. The van der Waals surface area contributed by atoms with Crippen molar-refractivity contribution in [2.75, 3.05) is 19.1 Å². The molecule has 11 nitrogen and oxygen atoms in total. The Balaban J connectivity index is 1.85. The van der Waals surface area contributed by atoms with E-state index in [0.29, 0.717) is 22.2 Å². The first kappa shape index (κ1) is 23.9. The fraction of sp³-hybridized carbons (Fsp3) is 0.348. The van der Waals surface area contributed by atoms with Crippen molar-refractivity contribution < 1.29 is 28.6 Å². The Bertz CT molecular complexity index is 1310. The molecule has 1 aliphatic rings. The van der Waals surface area contributed by atoms with Gasteiger partial charge in [-0.25, -0.2) is 18.8 Å². The first-order valence-corrected chi connectivity index (χ1v) is 11.0. The normalized spacial score (nSPS) is 13.9. The molecule has 4 rings (SSSR count). The van der Waals surface area contributed by atoms with Gasteiger partial charge < -0.3 is 14.6 Å². The van der Waals surface area contributed by atoms with Crippen LogP contribution in [-0.2, 0) is 0 Å². The zero-order chi connectivity index (χ0) is 25.1. The molecule has 0 aliphatic heterocycles. The fourth-order valence-corrected chi connectivity index (χ4v) is 4.28. The number of rotatable bonds is 6. The summed E-state index contributed by atoms with van der Waals surface area (Å²) in [5.41, 5.74) is -1.16. The summed E-state index contributed by atoms with van der Waals surface area (Å²) < 4.78 is 26.3. The molecule has 1 amide bonds. The number of carboxylic acid groups (broad SMARTS) is 1. The molecular formula is C23H24FN5O6. The van der Waals surface area contributed by atoms with Gasteiger partial charge in [0.15, 0.2) is 5.82 Å². The van der Waals surface area contributed by atoms with Gasteiger partial charge in [-0.15, -0.1) is 4.68 Å². The van der Waals surface area contributed by atoms with E-state index < -0.39 is 23.5 Å². The fourth-order valence-electron chi connectivity index (χ4n) is 4.28. The number of hydrogen-bond donors (Lipinski definition) is 1. The lowest BCUT2D eigenvalue weighted by Crippen LogP contribution is -2.47. The summed E-state index contributed by atoms with van der Waals surface area (Å²) in [5.74, 6) is -1.68. The van der Waals surface area contributed by atoms with Crippen LogP contribution < -0.4 is 20.1 Å². The number of hydrogen-bond acceptors (Lipinski definition) is 7. The number of tetrazole rings is 1. The summed E-state index contributed by atoms with van der Waals surface area (Å²) in [6, 6.07) is 6.92. The predicted octanol–water partition coefficient (Wildman–Crippen LogP) is 3.09. The van der Waals surface area contributed by atoms with Gasteiger partial charge in [0.05, 0.1) is 25.5 Å². The lowest BCUT2D eigenvalue weighted by atomic mass is 9.93. The number of nitrogens with zero attached hydrogens (tertiary/aromatic N) is 5. The second-order valence-electron chi connectivity index (χ2n) is 8.01. The Morgan fingerprint density at radius 2 is 1.77 bits per heavy atom. The molecule has 1 fully saturated rings. The number of aromatic carboxylic acids is 1. The van der Waals surface area contributed by atoms with Crippen LogP contribution in [0.3, 0.4) is 0 Å². The maximum atomic E-state index is 14.6. The van der Waals surface area contributed by atoms with E-state index in [1.54, 1.807) is 0 Å². The number of carbonyl (C=O) groups excluding carboxylic acids is 1. The molecule has 0 saturated heterocycles. The van der Waals surface area contributed by atoms with Gasteiger partial charge in [-0.1, -0.05) is 25.3 Å². The number of carboxylic acids is 1. The molecule has 0 radical (unpaired) electrons. The number of methoxy groups -OCH3 is 2. The highest BCUT2D eigenvalue weighted by molar-refractivity contribution is 5.97. The van der Waals surface area contributed by atoms with Gasteiger partial charge in [0, 0.05) is 6.04 Å². The van der Waals surface area contributed by atoms with Crippen LogP contribution in [0.5, 0.6) is 11.5 Å². The molecule has 0 bridgehead atoms. The van der Waals surface area contributed by atoms with Crippen molar-refractivity contribution in [3.8, 4) is 17.2 Å². The van der Waals surface area contributed by atoms with Crippen molar-refractivity contribution in [3.63, 3.8) is 0 Å². The van der Waals surface area contributed by atoms with Crippen molar-refractivity contribution in [1.29, 1.82) is 0 Å². The molecule has 2 aromatic carbocycles. The van der Waals surface area contributed by atoms with Gasteiger partial charge in [-0.3, -0.25) is 4.90 Å². The monoisotopic (exact) mass is 485 g/mol. The van der Waals surface area contributed by atoms with E-state index in [0.717, 1.165) is 25.3 Å². The highest BCUT2D eigenvalue weighted by atomic mass is 19.1. The van der Waals surface area contributed by atoms with Crippen LogP contribution >= 0.6 is 0 Å². The van der Waals surface area contributed by atoms with Gasteiger partial charge in [-0.05, 0) is 53.6 Å². The van der Waals surface area contributed by atoms with Crippen molar-refractivity contribution in [2.24, 2.45) is 0 Å². The van der Waals surface area contributed by atoms with Crippen LogP contribution in [0.25, 0.3) is 5.69 Å². The van der Waals surface area contributed by atoms with Crippen LogP contribution in [0.1, 0.15) is 42.5 Å². The number of anilines is 1. The van der Waals surface area contributed by atoms with E-state index in [-0.39, 0.29) is 34.5 Å². The van der Waals surface area contributed by atoms with Crippen LogP contribution in [0.2, 0.25) is 0 Å². The van der Waals surface area contributed by atoms with E-state index in [4.69, 9.17) is 9.47 Å². The summed E-state index contributed by atoms with van der Waals surface area (Å²) in [5, 5.41) is 16.9. The smallest absolute Gasteiger partial charge is 0.377 e. The zero-order valence-electron chi connectivity index (χ0n) is 19.2. The molecule has 12 heteroatoms. The van der Waals surface area contributed by atoms with E-state index in [9.17, 15) is 23.9 Å². The van der Waals surface area contributed by atoms with Crippen molar-refractivity contribution >= 4 is 17.7 Å². The van der Waals surface area contributed by atoms with Crippen LogP contribution in [-0.4, -0.2) is 57.2 Å². The van der Waals surface area contributed by atoms with Gasteiger partial charge in [-0.2, -0.15) is 4.68 Å². The third-order valence-electron chi connectivity index (χ3n) is 5.98. The highest BCUT2D eigenvalue weighted by Crippen LogP contribution is 2.35. The number of halogens is 1. The van der Waals surface area contributed by atoms with E-state index in [2.05, 4.69) is 10.4 Å². The van der Waals surface area contributed by atoms with E-state index >= 15 is 0 Å². The quantitative estimate of drug-likeness (QED) is 0.528. The third kappa shape index (κ3) is 4.46. The van der Waals surface area contributed by atoms with Crippen LogP contribution in [0.15, 0.2) is 41.2 Å². The summed E-state index contributed by atoms with van der Waals surface area (Å²) >= 11 is 0. The second kappa shape index (κ2) is 9.95. The van der Waals surface area contributed by atoms with Crippen molar-refractivity contribution in [3.05, 3.63) is 58.3 Å². The zero-order valence-corrected chi connectivity index (χ0v) is 19.2. The molecule has 1 heterocycles. The number of amides is 1. The lowest BCUT2D eigenvalue weighted by Gasteiger charge is -2.34. The number of benzene rings is 2. The number of ether oxygens (including phenoxy) is 2. The molecule has 35 heavy (non-hydrogen) atoms. The second-order valence-corrected chi connectivity index (χ2v) is 8.01. The molecule has 0 unspecified atom stereocenters. The van der Waals surface area contributed by atoms with Crippen molar-refractivity contribution in [2.45, 2.75) is 38.1 Å². The lowest BCUT2D eigenvalue weighted by molar-refractivity contribution is 0.0696. The Morgan fingerprint density at radius 1 is 1.06 bits per heavy atom. The summed E-state index contributed by atoms with van der Waals surface area (Å²) in [6.45, 7) is 0. The van der Waals surface area contributed by atoms with E-state index in [1.807, 2.05) is 0 Å². The number of aromatic nitrogens is 4. The predicted molar refractivity (Wildman–Crippen MR) is 122 cm³/mol. The van der Waals surface area contributed by atoms with Gasteiger partial charge in [0.1, 0.15) is 17.2 Å². The standard InChI is InChI=1S/C23H24FN5O6/c1-34-18-12-11-14(21(30)31)13-17(18)27(15-7-4-3-5-8-15)22(32)29-23(33)28(25-26-29)20-16(24)9-6-10-19(20)35-2/h6,9-13,15H,3-5,7-8H2,1-2H3,(H,30,31). The molecule has 1 N–H and O–H groups in total. The molecule has 1 aliphatic carbocycles. The highest BCUT2D eigenvalue weighted by Gasteiger charge is 2.33. The number of carbonyl (C=O) groups is 2. The van der Waals surface area contributed by atoms with Gasteiger partial charge in [0.2, 0.25) is 0 Å². The molecule has 3 aromatic rings. The molecule has 0 atom stereocenters. The maximum Gasteiger partial charge on any atom is 0.377 e. The average molecular weight is 485 g/mol. The Kier molecular flexibility index (Phi) is 6.80. The summed E-state index contributed by atoms with van der Waals surface area (Å²) in [6.07, 6.45) is 3.97. The molecule has 1 aromatic heterocycles. The van der Waals surface area contributed by atoms with Gasteiger partial charge >= 0.3 is 17.7 Å².